The van der Waals surface area contributed by atoms with Gasteiger partial charge in [0.1, 0.15) is 0 Å². The molecule has 4 nitrogen and oxygen atoms in total. The van der Waals surface area contributed by atoms with Gasteiger partial charge in [-0.3, -0.25) is 4.98 Å². The number of halogens is 1. The second kappa shape index (κ2) is 5.57. The van der Waals surface area contributed by atoms with Crippen LogP contribution in [0, 0.1) is 0 Å². The third-order valence-corrected chi connectivity index (χ3v) is 3.39. The van der Waals surface area contributed by atoms with Gasteiger partial charge in [-0.25, -0.2) is 4.98 Å². The average Bonchev–Trinajstić information content (AvgIpc) is 2.30. The fourth-order valence-corrected chi connectivity index (χ4v) is 2.28. The Bertz CT molecular complexity index is 345. The third kappa shape index (κ3) is 2.90. The van der Waals surface area contributed by atoms with E-state index in [4.69, 9.17) is 17.3 Å². The quantitative estimate of drug-likeness (QED) is 0.840. The van der Waals surface area contributed by atoms with E-state index in [1.54, 1.807) is 12.4 Å². The summed E-state index contributed by atoms with van der Waals surface area (Å²) in [5, 5.41) is 3.89. The lowest BCUT2D eigenvalue weighted by Crippen LogP contribution is -2.46. The van der Waals surface area contributed by atoms with Gasteiger partial charge in [0.15, 0.2) is 5.15 Å². The first-order valence-corrected chi connectivity index (χ1v) is 6.09. The van der Waals surface area contributed by atoms with Crippen molar-refractivity contribution < 1.29 is 0 Å². The number of nitrogens with one attached hydrogen (secondary N) is 1. The van der Waals surface area contributed by atoms with E-state index in [0.717, 1.165) is 18.5 Å². The Kier molecular flexibility index (Phi) is 4.09. The van der Waals surface area contributed by atoms with Crippen molar-refractivity contribution in [1.29, 1.82) is 0 Å². The fourth-order valence-electron chi connectivity index (χ4n) is 2.11. The molecular weight excluding hydrogens is 224 g/mol. The maximum Gasteiger partial charge on any atom is 0.151 e. The first-order chi connectivity index (χ1) is 7.77. The summed E-state index contributed by atoms with van der Waals surface area (Å²) in [4.78, 5) is 8.18. The highest BCUT2D eigenvalue weighted by Gasteiger charge is 2.21. The maximum absolute atomic E-state index is 6.05. The molecule has 0 aliphatic heterocycles. The van der Waals surface area contributed by atoms with Crippen molar-refractivity contribution in [3.05, 3.63) is 23.2 Å². The number of nitrogens with zero attached hydrogens (tertiary/aromatic N) is 2. The van der Waals surface area contributed by atoms with Gasteiger partial charge in [0, 0.05) is 31.0 Å². The summed E-state index contributed by atoms with van der Waals surface area (Å²) in [6, 6.07) is 0.635. The van der Waals surface area contributed by atoms with Crippen molar-refractivity contribution in [2.45, 2.75) is 44.3 Å². The summed E-state index contributed by atoms with van der Waals surface area (Å²) in [5.41, 5.74) is 6.84. The number of nitrogens with two attached hydrogens (primary N) is 1. The molecular formula is C11H17ClN4. The van der Waals surface area contributed by atoms with E-state index in [9.17, 15) is 0 Å². The zero-order chi connectivity index (χ0) is 11.4. The molecule has 2 unspecified atom stereocenters. The van der Waals surface area contributed by atoms with Gasteiger partial charge >= 0.3 is 0 Å². The molecule has 0 radical (unpaired) electrons. The number of rotatable bonds is 3. The highest BCUT2D eigenvalue weighted by atomic mass is 35.5. The van der Waals surface area contributed by atoms with E-state index >= 15 is 0 Å². The molecule has 1 heterocycles. The van der Waals surface area contributed by atoms with Crippen LogP contribution in [-0.2, 0) is 6.54 Å². The van der Waals surface area contributed by atoms with Gasteiger partial charge in [-0.2, -0.15) is 0 Å². The van der Waals surface area contributed by atoms with Crippen LogP contribution >= 0.6 is 11.6 Å². The molecule has 1 saturated carbocycles. The SMILES string of the molecule is NC1CCCCC1NCc1nccnc1Cl. The number of hydrogen-bond donors (Lipinski definition) is 2. The van der Waals surface area contributed by atoms with Crippen LogP contribution in [0.4, 0.5) is 0 Å². The van der Waals surface area contributed by atoms with E-state index in [2.05, 4.69) is 15.3 Å². The molecule has 2 atom stereocenters. The van der Waals surface area contributed by atoms with Crippen LogP contribution in [0.1, 0.15) is 31.4 Å². The summed E-state index contributed by atoms with van der Waals surface area (Å²) in [7, 11) is 0. The van der Waals surface area contributed by atoms with Crippen LogP contribution in [-0.4, -0.2) is 22.1 Å². The minimum absolute atomic E-state index is 0.254. The predicted octanol–water partition coefficient (Wildman–Crippen LogP) is 1.49. The highest BCUT2D eigenvalue weighted by molar-refractivity contribution is 6.29. The summed E-state index contributed by atoms with van der Waals surface area (Å²) in [6.45, 7) is 0.644. The van der Waals surface area contributed by atoms with E-state index in [1.807, 2.05) is 0 Å². The Morgan fingerprint density at radius 2 is 2.06 bits per heavy atom. The Morgan fingerprint density at radius 3 is 2.81 bits per heavy atom. The Hall–Kier alpha value is -0.710. The minimum atomic E-state index is 0.254. The second-order valence-electron chi connectivity index (χ2n) is 4.23. The van der Waals surface area contributed by atoms with E-state index < -0.39 is 0 Å². The largest absolute Gasteiger partial charge is 0.326 e. The molecule has 1 aromatic rings. The van der Waals surface area contributed by atoms with Crippen LogP contribution in [0.15, 0.2) is 12.4 Å². The average molecular weight is 241 g/mol. The van der Waals surface area contributed by atoms with Gasteiger partial charge in [-0.15, -0.1) is 0 Å². The van der Waals surface area contributed by atoms with E-state index in [1.165, 1.54) is 12.8 Å². The van der Waals surface area contributed by atoms with Gasteiger partial charge in [0.2, 0.25) is 0 Å². The van der Waals surface area contributed by atoms with Gasteiger partial charge in [0.05, 0.1) is 5.69 Å². The molecule has 16 heavy (non-hydrogen) atoms. The van der Waals surface area contributed by atoms with Crippen molar-refractivity contribution in [2.75, 3.05) is 0 Å². The molecule has 88 valence electrons. The lowest BCUT2D eigenvalue weighted by Gasteiger charge is -2.29. The Labute approximate surface area is 101 Å². The fraction of sp³-hybridized carbons (Fsp3) is 0.636. The van der Waals surface area contributed by atoms with Crippen molar-refractivity contribution in [1.82, 2.24) is 15.3 Å². The molecule has 0 amide bonds. The zero-order valence-electron chi connectivity index (χ0n) is 9.19. The monoisotopic (exact) mass is 240 g/mol. The highest BCUT2D eigenvalue weighted by Crippen LogP contribution is 2.17. The van der Waals surface area contributed by atoms with Gasteiger partial charge in [0.25, 0.3) is 0 Å². The molecule has 0 spiro atoms. The predicted molar refractivity (Wildman–Crippen MR) is 64.1 cm³/mol. The molecule has 0 saturated heterocycles. The molecule has 2 rings (SSSR count). The van der Waals surface area contributed by atoms with Crippen LogP contribution in [0.25, 0.3) is 0 Å². The normalized spacial score (nSPS) is 25.6. The molecule has 1 fully saturated rings. The summed E-state index contributed by atoms with van der Waals surface area (Å²) in [6.07, 6.45) is 7.98. The summed E-state index contributed by atoms with van der Waals surface area (Å²) < 4.78 is 0. The first kappa shape index (κ1) is 11.8. The van der Waals surface area contributed by atoms with E-state index in [0.29, 0.717) is 17.7 Å². The molecule has 1 aliphatic rings. The molecule has 5 heteroatoms. The van der Waals surface area contributed by atoms with Crippen molar-refractivity contribution in [3.8, 4) is 0 Å². The second-order valence-corrected chi connectivity index (χ2v) is 4.59. The molecule has 0 aromatic carbocycles. The Morgan fingerprint density at radius 1 is 1.31 bits per heavy atom. The lowest BCUT2D eigenvalue weighted by atomic mass is 9.91. The van der Waals surface area contributed by atoms with Gasteiger partial charge < -0.3 is 11.1 Å². The molecule has 1 aliphatic carbocycles. The standard InChI is InChI=1S/C11H17ClN4/c12-11-10(14-5-6-15-11)7-16-9-4-2-1-3-8(9)13/h5-6,8-9,16H,1-4,7,13H2. The zero-order valence-corrected chi connectivity index (χ0v) is 9.95. The first-order valence-electron chi connectivity index (χ1n) is 5.71. The number of aromatic nitrogens is 2. The maximum atomic E-state index is 6.05. The van der Waals surface area contributed by atoms with Crippen LogP contribution < -0.4 is 11.1 Å². The third-order valence-electron chi connectivity index (χ3n) is 3.07. The smallest absolute Gasteiger partial charge is 0.151 e. The topological polar surface area (TPSA) is 63.8 Å². The van der Waals surface area contributed by atoms with Crippen LogP contribution in [0.2, 0.25) is 5.15 Å². The molecule has 1 aromatic heterocycles. The van der Waals surface area contributed by atoms with Crippen molar-refractivity contribution in [2.24, 2.45) is 5.73 Å². The molecule has 3 N–H and O–H groups in total. The van der Waals surface area contributed by atoms with Crippen LogP contribution in [0.3, 0.4) is 0 Å². The van der Waals surface area contributed by atoms with E-state index in [-0.39, 0.29) is 6.04 Å². The minimum Gasteiger partial charge on any atom is -0.326 e. The number of hydrogen-bond acceptors (Lipinski definition) is 4. The van der Waals surface area contributed by atoms with Crippen molar-refractivity contribution in [3.63, 3.8) is 0 Å². The van der Waals surface area contributed by atoms with Gasteiger partial charge in [-0.05, 0) is 12.8 Å². The summed E-state index contributed by atoms with van der Waals surface area (Å²) in [5.74, 6) is 0. The van der Waals surface area contributed by atoms with Crippen LogP contribution in [0.5, 0.6) is 0 Å². The lowest BCUT2D eigenvalue weighted by molar-refractivity contribution is 0.325. The van der Waals surface area contributed by atoms with Crippen molar-refractivity contribution >= 4 is 11.6 Å². The summed E-state index contributed by atoms with van der Waals surface area (Å²) >= 11 is 5.93. The van der Waals surface area contributed by atoms with Gasteiger partial charge in [-0.1, -0.05) is 24.4 Å². The molecule has 0 bridgehead atoms. The Balaban J connectivity index is 1.89.